The first-order valence-corrected chi connectivity index (χ1v) is 6.94. The topological polar surface area (TPSA) is 20.2 Å². The normalized spacial score (nSPS) is 12.4. The lowest BCUT2D eigenvalue weighted by atomic mass is 10.1. The van der Waals surface area contributed by atoms with Crippen LogP contribution >= 0.6 is 23.4 Å². The fourth-order valence-electron chi connectivity index (χ4n) is 1.57. The van der Waals surface area contributed by atoms with Crippen molar-refractivity contribution in [2.45, 2.75) is 11.0 Å². The zero-order valence-corrected chi connectivity index (χ0v) is 11.4. The van der Waals surface area contributed by atoms with Crippen LogP contribution in [0, 0.1) is 11.6 Å². The molecule has 100 valence electrons. The number of hydrogen-bond donors (Lipinski definition) is 1. The van der Waals surface area contributed by atoms with Crippen LogP contribution in [0.1, 0.15) is 11.7 Å². The Morgan fingerprint density at radius 3 is 2.37 bits per heavy atom. The van der Waals surface area contributed by atoms with Crippen LogP contribution < -0.4 is 0 Å². The van der Waals surface area contributed by atoms with Crippen LogP contribution in [-0.4, -0.2) is 10.9 Å². The molecule has 1 nitrogen and oxygen atoms in total. The van der Waals surface area contributed by atoms with Crippen LogP contribution in [-0.2, 0) is 0 Å². The molecular formula is C14H11ClF2OS. The third kappa shape index (κ3) is 3.93. The minimum Gasteiger partial charge on any atom is -0.387 e. The highest BCUT2D eigenvalue weighted by molar-refractivity contribution is 7.99. The molecule has 0 aliphatic rings. The first-order valence-electron chi connectivity index (χ1n) is 5.57. The van der Waals surface area contributed by atoms with Crippen LogP contribution in [0.3, 0.4) is 0 Å². The highest BCUT2D eigenvalue weighted by Gasteiger charge is 2.13. The average Bonchev–Trinajstić information content (AvgIpc) is 2.40. The molecule has 1 N–H and O–H groups in total. The van der Waals surface area contributed by atoms with Crippen molar-refractivity contribution in [3.05, 3.63) is 64.7 Å². The summed E-state index contributed by atoms with van der Waals surface area (Å²) in [6, 6.07) is 9.83. The molecule has 1 atom stereocenters. The van der Waals surface area contributed by atoms with E-state index in [0.29, 0.717) is 16.3 Å². The lowest BCUT2D eigenvalue weighted by Crippen LogP contribution is -2.02. The molecule has 5 heteroatoms. The Balaban J connectivity index is 2.03. The second-order valence-corrected chi connectivity index (χ2v) is 5.45. The van der Waals surface area contributed by atoms with Crippen molar-refractivity contribution < 1.29 is 13.9 Å². The van der Waals surface area contributed by atoms with Crippen molar-refractivity contribution in [3.63, 3.8) is 0 Å². The minimum absolute atomic E-state index is 0.307. The summed E-state index contributed by atoms with van der Waals surface area (Å²) in [4.78, 5) is 0.827. The number of aliphatic hydroxyl groups excluding tert-OH is 1. The summed E-state index contributed by atoms with van der Waals surface area (Å²) in [6.07, 6.45) is -0.877. The van der Waals surface area contributed by atoms with E-state index >= 15 is 0 Å². The number of benzene rings is 2. The van der Waals surface area contributed by atoms with Crippen molar-refractivity contribution in [2.24, 2.45) is 0 Å². The number of rotatable bonds is 4. The Kier molecular flexibility index (Phi) is 4.80. The highest BCUT2D eigenvalue weighted by Crippen LogP contribution is 2.29. The number of hydrogen-bond acceptors (Lipinski definition) is 2. The molecule has 0 aliphatic carbocycles. The van der Waals surface area contributed by atoms with Gasteiger partial charge in [-0.3, -0.25) is 0 Å². The first-order chi connectivity index (χ1) is 9.06. The summed E-state index contributed by atoms with van der Waals surface area (Å²) in [5.41, 5.74) is 0.358. The second-order valence-electron chi connectivity index (χ2n) is 3.95. The molecule has 0 bridgehead atoms. The van der Waals surface area contributed by atoms with E-state index < -0.39 is 11.9 Å². The van der Waals surface area contributed by atoms with Gasteiger partial charge in [-0.25, -0.2) is 8.78 Å². The van der Waals surface area contributed by atoms with Crippen molar-refractivity contribution in [2.75, 3.05) is 5.75 Å². The van der Waals surface area contributed by atoms with Gasteiger partial charge in [0.2, 0.25) is 0 Å². The monoisotopic (exact) mass is 300 g/mol. The predicted molar refractivity (Wildman–Crippen MR) is 73.5 cm³/mol. The molecule has 0 aliphatic heterocycles. The zero-order valence-electron chi connectivity index (χ0n) is 9.82. The van der Waals surface area contributed by atoms with Gasteiger partial charge in [-0.15, -0.1) is 11.8 Å². The minimum atomic E-state index is -0.877. The van der Waals surface area contributed by atoms with Gasteiger partial charge in [0.15, 0.2) is 0 Å². The molecule has 0 saturated heterocycles. The molecule has 2 aromatic rings. The second kappa shape index (κ2) is 6.37. The molecule has 0 heterocycles. The Morgan fingerprint density at radius 2 is 1.68 bits per heavy atom. The van der Waals surface area contributed by atoms with Gasteiger partial charge in [0.05, 0.1) is 6.10 Å². The molecule has 0 spiro atoms. The Labute approximate surface area is 119 Å². The molecule has 1 unspecified atom stereocenters. The van der Waals surface area contributed by atoms with E-state index in [2.05, 4.69) is 0 Å². The predicted octanol–water partition coefficient (Wildman–Crippen LogP) is 4.44. The lowest BCUT2D eigenvalue weighted by molar-refractivity contribution is 0.203. The van der Waals surface area contributed by atoms with Gasteiger partial charge in [0.1, 0.15) is 11.6 Å². The van der Waals surface area contributed by atoms with E-state index in [1.54, 1.807) is 12.1 Å². The SMILES string of the molecule is OC(CSc1ccc(F)cc1)c1cc(F)ccc1Cl. The number of thioether (sulfide) groups is 1. The molecule has 2 aromatic carbocycles. The molecule has 0 amide bonds. The van der Waals surface area contributed by atoms with Crippen molar-refractivity contribution in [1.29, 1.82) is 0 Å². The van der Waals surface area contributed by atoms with Crippen LogP contribution in [0.5, 0.6) is 0 Å². The number of halogens is 3. The van der Waals surface area contributed by atoms with Gasteiger partial charge < -0.3 is 5.11 Å². The fourth-order valence-corrected chi connectivity index (χ4v) is 2.67. The maximum absolute atomic E-state index is 13.1. The van der Waals surface area contributed by atoms with Crippen LogP contribution in [0.4, 0.5) is 8.78 Å². The maximum atomic E-state index is 13.1. The molecule has 0 saturated carbocycles. The third-order valence-corrected chi connectivity index (χ3v) is 3.97. The van der Waals surface area contributed by atoms with Crippen molar-refractivity contribution in [1.82, 2.24) is 0 Å². The molecule has 0 fully saturated rings. The highest BCUT2D eigenvalue weighted by atomic mass is 35.5. The van der Waals surface area contributed by atoms with Gasteiger partial charge in [0, 0.05) is 21.2 Å². The van der Waals surface area contributed by atoms with E-state index in [1.807, 2.05) is 0 Å². The van der Waals surface area contributed by atoms with Crippen LogP contribution in [0.25, 0.3) is 0 Å². The Bertz CT molecular complexity index is 560. The number of aliphatic hydroxyl groups is 1. The summed E-state index contributed by atoms with van der Waals surface area (Å²) in [5, 5.41) is 10.3. The molecule has 19 heavy (non-hydrogen) atoms. The van der Waals surface area contributed by atoms with Gasteiger partial charge in [-0.2, -0.15) is 0 Å². The van der Waals surface area contributed by atoms with Crippen molar-refractivity contribution in [3.8, 4) is 0 Å². The molecule has 2 rings (SSSR count). The third-order valence-electron chi connectivity index (χ3n) is 2.54. The zero-order chi connectivity index (χ0) is 13.8. The average molecular weight is 301 g/mol. The fraction of sp³-hybridized carbons (Fsp3) is 0.143. The quantitative estimate of drug-likeness (QED) is 0.842. The Hall–Kier alpha value is -1.10. The summed E-state index contributed by atoms with van der Waals surface area (Å²) in [7, 11) is 0. The molecule has 0 radical (unpaired) electrons. The van der Waals surface area contributed by atoms with Gasteiger partial charge in [-0.1, -0.05) is 11.6 Å². The van der Waals surface area contributed by atoms with E-state index in [-0.39, 0.29) is 5.82 Å². The van der Waals surface area contributed by atoms with Gasteiger partial charge in [0.25, 0.3) is 0 Å². The van der Waals surface area contributed by atoms with E-state index in [1.165, 1.54) is 42.1 Å². The van der Waals surface area contributed by atoms with Gasteiger partial charge >= 0.3 is 0 Å². The molecular weight excluding hydrogens is 290 g/mol. The van der Waals surface area contributed by atoms with E-state index in [0.717, 1.165) is 4.90 Å². The summed E-state index contributed by atoms with van der Waals surface area (Å²) in [5.74, 6) is -0.433. The standard InChI is InChI=1S/C14H11ClF2OS/c15-13-6-3-10(17)7-12(13)14(18)8-19-11-4-1-9(16)2-5-11/h1-7,14,18H,8H2. The summed E-state index contributed by atoms with van der Waals surface area (Å²) < 4.78 is 25.8. The van der Waals surface area contributed by atoms with Crippen LogP contribution in [0.2, 0.25) is 5.02 Å². The lowest BCUT2D eigenvalue weighted by Gasteiger charge is -2.12. The Morgan fingerprint density at radius 1 is 1.05 bits per heavy atom. The molecule has 0 aromatic heterocycles. The van der Waals surface area contributed by atoms with E-state index in [9.17, 15) is 13.9 Å². The maximum Gasteiger partial charge on any atom is 0.123 e. The largest absolute Gasteiger partial charge is 0.387 e. The van der Waals surface area contributed by atoms with Crippen molar-refractivity contribution >= 4 is 23.4 Å². The van der Waals surface area contributed by atoms with Crippen LogP contribution in [0.15, 0.2) is 47.4 Å². The summed E-state index contributed by atoms with van der Waals surface area (Å²) >= 11 is 7.26. The summed E-state index contributed by atoms with van der Waals surface area (Å²) in [6.45, 7) is 0. The van der Waals surface area contributed by atoms with E-state index in [4.69, 9.17) is 11.6 Å². The first kappa shape index (κ1) is 14.3. The van der Waals surface area contributed by atoms with Gasteiger partial charge in [-0.05, 0) is 42.5 Å². The smallest absolute Gasteiger partial charge is 0.123 e.